The first-order valence-corrected chi connectivity index (χ1v) is 5.12. The summed E-state index contributed by atoms with van der Waals surface area (Å²) >= 11 is 0. The molecule has 72 valence electrons. The van der Waals surface area contributed by atoms with Gasteiger partial charge in [0.25, 0.3) is 0 Å². The van der Waals surface area contributed by atoms with Gasteiger partial charge in [0.2, 0.25) is 0 Å². The van der Waals surface area contributed by atoms with Gasteiger partial charge >= 0.3 is 0 Å². The molecule has 1 aliphatic rings. The van der Waals surface area contributed by atoms with E-state index < -0.39 is 0 Å². The van der Waals surface area contributed by atoms with E-state index in [0.29, 0.717) is 18.1 Å². The average Bonchev–Trinajstić information content (AvgIpc) is 2.57. The van der Waals surface area contributed by atoms with Gasteiger partial charge in [-0.25, -0.2) is 0 Å². The third-order valence-corrected chi connectivity index (χ3v) is 2.43. The van der Waals surface area contributed by atoms with E-state index in [0.717, 1.165) is 19.3 Å². The number of carbonyl (C=O) groups is 1. The molecule has 1 atom stereocenters. The van der Waals surface area contributed by atoms with Crippen LogP contribution >= 0.6 is 0 Å². The summed E-state index contributed by atoms with van der Waals surface area (Å²) in [6.45, 7) is 1.99. The largest absolute Gasteiger partial charge is 0.300 e. The van der Waals surface area contributed by atoms with Crippen LogP contribution in [0.2, 0.25) is 0 Å². The molecule has 0 aromatic carbocycles. The Balaban J connectivity index is 2.13. The molecule has 13 heavy (non-hydrogen) atoms. The molecule has 0 aliphatic heterocycles. The van der Waals surface area contributed by atoms with Crippen LogP contribution in [0, 0.1) is 5.92 Å². The molecule has 0 fully saturated rings. The Labute approximate surface area is 80.5 Å². The van der Waals surface area contributed by atoms with Crippen molar-refractivity contribution < 1.29 is 4.79 Å². The van der Waals surface area contributed by atoms with Crippen molar-refractivity contribution in [2.45, 2.75) is 39.0 Å². The number of hydrogen-bond acceptors (Lipinski definition) is 1. The van der Waals surface area contributed by atoms with Gasteiger partial charge in [-0.2, -0.15) is 0 Å². The lowest BCUT2D eigenvalue weighted by molar-refractivity contribution is -0.119. The first kappa shape index (κ1) is 10.2. The molecule has 1 rings (SSSR count). The average molecular weight is 178 g/mol. The Hall–Kier alpha value is -0.850. The number of ketones is 1. The van der Waals surface area contributed by atoms with E-state index in [2.05, 4.69) is 18.2 Å². The summed E-state index contributed by atoms with van der Waals surface area (Å²) in [7, 11) is 0. The molecular formula is C12H18O. The van der Waals surface area contributed by atoms with Gasteiger partial charge in [0.1, 0.15) is 5.78 Å². The highest BCUT2D eigenvalue weighted by Crippen LogP contribution is 2.21. The molecule has 0 spiro atoms. The van der Waals surface area contributed by atoms with Crippen molar-refractivity contribution in [3.8, 4) is 0 Å². The molecule has 0 N–H and O–H groups in total. The molecule has 1 unspecified atom stereocenters. The minimum absolute atomic E-state index is 0.412. The molecule has 0 saturated carbocycles. The number of allylic oxidation sites excluding steroid dienone is 4. The zero-order valence-corrected chi connectivity index (χ0v) is 8.33. The van der Waals surface area contributed by atoms with E-state index in [4.69, 9.17) is 0 Å². The normalized spacial score (nSPS) is 21.5. The lowest BCUT2D eigenvalue weighted by atomic mass is 10.00. The lowest BCUT2D eigenvalue weighted by Crippen LogP contribution is -2.03. The topological polar surface area (TPSA) is 17.1 Å². The Morgan fingerprint density at radius 1 is 1.62 bits per heavy atom. The summed E-state index contributed by atoms with van der Waals surface area (Å²) in [5.41, 5.74) is 0. The van der Waals surface area contributed by atoms with Crippen molar-refractivity contribution in [2.24, 2.45) is 5.92 Å². The van der Waals surface area contributed by atoms with Gasteiger partial charge in [-0.1, -0.05) is 24.3 Å². The molecule has 0 aromatic rings. The lowest BCUT2D eigenvalue weighted by Gasteiger charge is -2.04. The maximum absolute atomic E-state index is 11.4. The van der Waals surface area contributed by atoms with Gasteiger partial charge < -0.3 is 0 Å². The molecule has 0 saturated heterocycles. The molecule has 0 aromatic heterocycles. The van der Waals surface area contributed by atoms with Crippen LogP contribution in [0.15, 0.2) is 24.3 Å². The summed E-state index contributed by atoms with van der Waals surface area (Å²) in [6.07, 6.45) is 13.2. The van der Waals surface area contributed by atoms with Gasteiger partial charge in [-0.05, 0) is 32.1 Å². The van der Waals surface area contributed by atoms with E-state index in [-0.39, 0.29) is 0 Å². The van der Waals surface area contributed by atoms with Crippen molar-refractivity contribution in [3.05, 3.63) is 24.3 Å². The van der Waals surface area contributed by atoms with Crippen LogP contribution < -0.4 is 0 Å². The number of rotatable bonds is 5. The summed E-state index contributed by atoms with van der Waals surface area (Å²) in [4.78, 5) is 11.4. The SMILES string of the molecule is C/C=C/CCC(=O)CC1C=CCC1. The minimum Gasteiger partial charge on any atom is -0.300 e. The second-order valence-corrected chi connectivity index (χ2v) is 3.62. The van der Waals surface area contributed by atoms with Crippen LogP contribution in [-0.4, -0.2) is 5.78 Å². The van der Waals surface area contributed by atoms with E-state index in [1.54, 1.807) is 0 Å². The highest BCUT2D eigenvalue weighted by molar-refractivity contribution is 5.79. The molecule has 0 heterocycles. The molecule has 1 nitrogen and oxygen atoms in total. The van der Waals surface area contributed by atoms with Crippen molar-refractivity contribution in [2.75, 3.05) is 0 Å². The number of carbonyl (C=O) groups excluding carboxylic acids is 1. The van der Waals surface area contributed by atoms with Gasteiger partial charge in [0, 0.05) is 12.8 Å². The van der Waals surface area contributed by atoms with E-state index in [1.807, 2.05) is 13.0 Å². The molecule has 0 bridgehead atoms. The quantitative estimate of drug-likeness (QED) is 0.590. The van der Waals surface area contributed by atoms with Crippen molar-refractivity contribution in [3.63, 3.8) is 0 Å². The third-order valence-electron chi connectivity index (χ3n) is 2.43. The van der Waals surface area contributed by atoms with Crippen LogP contribution in [0.5, 0.6) is 0 Å². The van der Waals surface area contributed by atoms with Crippen LogP contribution in [0.25, 0.3) is 0 Å². The van der Waals surface area contributed by atoms with Crippen LogP contribution in [0.4, 0.5) is 0 Å². The van der Waals surface area contributed by atoms with Gasteiger partial charge in [-0.3, -0.25) is 4.79 Å². The minimum atomic E-state index is 0.412. The fourth-order valence-corrected chi connectivity index (χ4v) is 1.67. The van der Waals surface area contributed by atoms with Crippen molar-refractivity contribution in [1.29, 1.82) is 0 Å². The Bertz CT molecular complexity index is 213. The van der Waals surface area contributed by atoms with Crippen LogP contribution in [0.1, 0.15) is 39.0 Å². The number of Topliss-reactive ketones (excluding diaryl/α,β-unsaturated/α-hetero) is 1. The fourth-order valence-electron chi connectivity index (χ4n) is 1.67. The molecule has 0 radical (unpaired) electrons. The Kier molecular flexibility index (Phi) is 4.52. The highest BCUT2D eigenvalue weighted by Gasteiger charge is 2.12. The van der Waals surface area contributed by atoms with Crippen LogP contribution in [0.3, 0.4) is 0 Å². The van der Waals surface area contributed by atoms with Crippen molar-refractivity contribution in [1.82, 2.24) is 0 Å². The molecular weight excluding hydrogens is 160 g/mol. The smallest absolute Gasteiger partial charge is 0.133 e. The van der Waals surface area contributed by atoms with E-state index in [1.165, 1.54) is 6.42 Å². The fraction of sp³-hybridized carbons (Fsp3) is 0.583. The summed E-state index contributed by atoms with van der Waals surface area (Å²) in [6, 6.07) is 0. The third kappa shape index (κ3) is 4.07. The predicted octanol–water partition coefficient (Wildman–Crippen LogP) is 3.27. The van der Waals surface area contributed by atoms with Crippen LogP contribution in [-0.2, 0) is 4.79 Å². The van der Waals surface area contributed by atoms with Gasteiger partial charge in [0.05, 0.1) is 0 Å². The number of hydrogen-bond donors (Lipinski definition) is 0. The molecule has 1 heteroatoms. The maximum Gasteiger partial charge on any atom is 0.133 e. The van der Waals surface area contributed by atoms with Gasteiger partial charge in [-0.15, -0.1) is 0 Å². The maximum atomic E-state index is 11.4. The predicted molar refractivity (Wildman–Crippen MR) is 55.5 cm³/mol. The second-order valence-electron chi connectivity index (χ2n) is 3.62. The standard InChI is InChI=1S/C12H18O/c1-2-3-4-9-12(13)10-11-7-5-6-8-11/h2-3,5,7,11H,4,6,8-10H2,1H3/b3-2+. The van der Waals surface area contributed by atoms with Gasteiger partial charge in [0.15, 0.2) is 0 Å². The summed E-state index contributed by atoms with van der Waals surface area (Å²) in [5, 5.41) is 0. The summed E-state index contributed by atoms with van der Waals surface area (Å²) < 4.78 is 0. The zero-order valence-electron chi connectivity index (χ0n) is 8.33. The summed E-state index contributed by atoms with van der Waals surface area (Å²) in [5.74, 6) is 0.952. The molecule has 0 amide bonds. The van der Waals surface area contributed by atoms with Crippen molar-refractivity contribution >= 4 is 5.78 Å². The Morgan fingerprint density at radius 3 is 3.08 bits per heavy atom. The first-order chi connectivity index (χ1) is 6.33. The monoisotopic (exact) mass is 178 g/mol. The van der Waals surface area contributed by atoms with E-state index in [9.17, 15) is 4.79 Å². The highest BCUT2D eigenvalue weighted by atomic mass is 16.1. The first-order valence-electron chi connectivity index (χ1n) is 5.12. The van der Waals surface area contributed by atoms with E-state index >= 15 is 0 Å². The second kappa shape index (κ2) is 5.74. The molecule has 1 aliphatic carbocycles. The zero-order chi connectivity index (χ0) is 9.52. The Morgan fingerprint density at radius 2 is 2.46 bits per heavy atom.